The van der Waals surface area contributed by atoms with E-state index < -0.39 is 0 Å². The lowest BCUT2D eigenvalue weighted by atomic mass is 9.69. The second-order valence-corrected chi connectivity index (χ2v) is 7.22. The molecule has 1 atom stereocenters. The Morgan fingerprint density at radius 1 is 1.46 bits per heavy atom. The maximum Gasteiger partial charge on any atom is 0.123 e. The van der Waals surface area contributed by atoms with Crippen LogP contribution in [0.2, 0.25) is 0 Å². The third kappa shape index (κ3) is 5.08. The van der Waals surface area contributed by atoms with Gasteiger partial charge >= 0.3 is 0 Å². The normalized spacial score (nSPS) is 20.3. The first-order chi connectivity index (χ1) is 12.5. The zero-order chi connectivity index (χ0) is 19.0. The Morgan fingerprint density at radius 3 is 2.88 bits per heavy atom. The van der Waals surface area contributed by atoms with Crippen molar-refractivity contribution in [3.05, 3.63) is 65.5 Å². The van der Waals surface area contributed by atoms with E-state index in [1.807, 2.05) is 6.08 Å². The summed E-state index contributed by atoms with van der Waals surface area (Å²) in [6, 6.07) is 6.85. The summed E-state index contributed by atoms with van der Waals surface area (Å²) in [6.07, 6.45) is 13.7. The minimum atomic E-state index is -0.245. The van der Waals surface area contributed by atoms with Gasteiger partial charge in [-0.05, 0) is 78.8 Å². The number of nitriles is 1. The zero-order valence-corrected chi connectivity index (χ0v) is 15.7. The average molecular weight is 352 g/mol. The van der Waals surface area contributed by atoms with Crippen molar-refractivity contribution in [1.29, 1.82) is 5.26 Å². The Bertz CT molecular complexity index is 739. The number of rotatable bonds is 8. The molecule has 1 aromatic rings. The van der Waals surface area contributed by atoms with Crippen LogP contribution in [0.15, 0.2) is 54.2 Å². The number of benzene rings is 1. The lowest BCUT2D eigenvalue weighted by Gasteiger charge is -2.36. The van der Waals surface area contributed by atoms with E-state index in [1.54, 1.807) is 6.07 Å². The first kappa shape index (κ1) is 20.0. The van der Waals surface area contributed by atoms with Gasteiger partial charge in [0.15, 0.2) is 0 Å². The van der Waals surface area contributed by atoms with Crippen molar-refractivity contribution >= 4 is 5.69 Å². The van der Waals surface area contributed by atoms with E-state index in [1.165, 1.54) is 23.3 Å². The van der Waals surface area contributed by atoms with Crippen LogP contribution in [0.1, 0.15) is 57.4 Å². The molecule has 2 N–H and O–H groups in total. The van der Waals surface area contributed by atoms with Crippen molar-refractivity contribution in [3.8, 4) is 6.07 Å². The van der Waals surface area contributed by atoms with Gasteiger partial charge in [-0.25, -0.2) is 4.39 Å². The van der Waals surface area contributed by atoms with Crippen LogP contribution in [0.3, 0.4) is 0 Å². The van der Waals surface area contributed by atoms with Gasteiger partial charge in [-0.15, -0.1) is 0 Å². The van der Waals surface area contributed by atoms with Crippen molar-refractivity contribution in [2.45, 2.75) is 58.3 Å². The molecule has 0 aromatic heterocycles. The molecule has 0 saturated heterocycles. The van der Waals surface area contributed by atoms with E-state index >= 15 is 0 Å². The molecule has 0 amide bonds. The third-order valence-electron chi connectivity index (χ3n) is 5.72. The number of halogens is 1. The van der Waals surface area contributed by atoms with E-state index in [9.17, 15) is 4.39 Å². The van der Waals surface area contributed by atoms with E-state index in [4.69, 9.17) is 11.0 Å². The molecule has 0 aliphatic heterocycles. The molecule has 26 heavy (non-hydrogen) atoms. The third-order valence-corrected chi connectivity index (χ3v) is 5.72. The molecule has 0 bridgehead atoms. The fraction of sp³-hybridized carbons (Fsp3) is 0.435. The molecular formula is C23H29FN2. The summed E-state index contributed by atoms with van der Waals surface area (Å²) in [5, 5.41) is 8.91. The molecule has 1 aliphatic carbocycles. The number of nitrogens with zero attached hydrogens (tertiary/aromatic N) is 1. The topological polar surface area (TPSA) is 49.8 Å². The Hall–Kier alpha value is -2.34. The monoisotopic (exact) mass is 352 g/mol. The Balaban J connectivity index is 2.10. The van der Waals surface area contributed by atoms with Crippen LogP contribution in [-0.4, -0.2) is 0 Å². The number of aryl methyl sites for hydroxylation is 1. The first-order valence-corrected chi connectivity index (χ1v) is 9.45. The maximum absolute atomic E-state index is 13.5. The summed E-state index contributed by atoms with van der Waals surface area (Å²) in [7, 11) is 0. The highest BCUT2D eigenvalue weighted by molar-refractivity contribution is 5.47. The lowest BCUT2D eigenvalue weighted by Crippen LogP contribution is -2.22. The molecule has 0 fully saturated rings. The van der Waals surface area contributed by atoms with Gasteiger partial charge in [-0.3, -0.25) is 0 Å². The smallest absolute Gasteiger partial charge is 0.123 e. The number of hydrogen-bond donors (Lipinski definition) is 1. The molecule has 1 aliphatic rings. The standard InChI is InChI=1S/C23H29FN2/c1-3-6-18(7-8-20-17-21(24)9-10-22(20)26)19-11-14-23(4-2,15-12-19)13-5-16-25/h3,6,9-11,17H,1,4-5,7-8,12-15,26H2,2H3/b18-6-/t23-/m0/s1. The highest BCUT2D eigenvalue weighted by Crippen LogP contribution is 2.44. The maximum atomic E-state index is 13.5. The second kappa shape index (κ2) is 9.38. The van der Waals surface area contributed by atoms with Gasteiger partial charge in [0.25, 0.3) is 0 Å². The van der Waals surface area contributed by atoms with E-state index in [2.05, 4.69) is 31.7 Å². The van der Waals surface area contributed by atoms with Crippen molar-refractivity contribution in [2.75, 3.05) is 5.73 Å². The van der Waals surface area contributed by atoms with Crippen LogP contribution < -0.4 is 5.73 Å². The van der Waals surface area contributed by atoms with E-state index in [-0.39, 0.29) is 11.2 Å². The minimum Gasteiger partial charge on any atom is -0.399 e. The van der Waals surface area contributed by atoms with E-state index in [0.717, 1.165) is 44.1 Å². The number of nitrogen functional groups attached to an aromatic ring is 1. The van der Waals surface area contributed by atoms with Crippen LogP contribution in [0.5, 0.6) is 0 Å². The van der Waals surface area contributed by atoms with Crippen molar-refractivity contribution in [3.63, 3.8) is 0 Å². The largest absolute Gasteiger partial charge is 0.399 e. The van der Waals surface area contributed by atoms with Crippen LogP contribution in [-0.2, 0) is 6.42 Å². The van der Waals surface area contributed by atoms with Crippen LogP contribution >= 0.6 is 0 Å². The van der Waals surface area contributed by atoms with E-state index in [0.29, 0.717) is 18.5 Å². The molecule has 2 rings (SSSR count). The summed E-state index contributed by atoms with van der Waals surface area (Å²) in [5.41, 5.74) is 10.4. The molecule has 1 aromatic carbocycles. The van der Waals surface area contributed by atoms with Crippen molar-refractivity contribution in [1.82, 2.24) is 0 Å². The van der Waals surface area contributed by atoms with Crippen LogP contribution in [0, 0.1) is 22.6 Å². The average Bonchev–Trinajstić information content (AvgIpc) is 2.66. The van der Waals surface area contributed by atoms with Gasteiger partial charge in [0.1, 0.15) is 5.82 Å². The number of allylic oxidation sites excluding steroid dienone is 5. The predicted octanol–water partition coefficient (Wildman–Crippen LogP) is 6.26. The summed E-state index contributed by atoms with van der Waals surface area (Å²) in [5.74, 6) is -0.245. The fourth-order valence-corrected chi connectivity index (χ4v) is 3.83. The number of hydrogen-bond acceptors (Lipinski definition) is 2. The minimum absolute atomic E-state index is 0.245. The van der Waals surface area contributed by atoms with Gasteiger partial charge in [0.2, 0.25) is 0 Å². The van der Waals surface area contributed by atoms with Crippen molar-refractivity contribution < 1.29 is 4.39 Å². The summed E-state index contributed by atoms with van der Waals surface area (Å²) < 4.78 is 13.5. The first-order valence-electron chi connectivity index (χ1n) is 9.45. The highest BCUT2D eigenvalue weighted by Gasteiger charge is 2.30. The summed E-state index contributed by atoms with van der Waals surface area (Å²) in [6.45, 7) is 6.07. The molecule has 0 heterocycles. The van der Waals surface area contributed by atoms with Crippen molar-refractivity contribution in [2.24, 2.45) is 5.41 Å². The zero-order valence-electron chi connectivity index (χ0n) is 15.7. The fourth-order valence-electron chi connectivity index (χ4n) is 3.83. The second-order valence-electron chi connectivity index (χ2n) is 7.22. The van der Waals surface area contributed by atoms with Gasteiger partial charge in [0.05, 0.1) is 6.07 Å². The molecule has 0 saturated carbocycles. The summed E-state index contributed by atoms with van der Waals surface area (Å²) >= 11 is 0. The molecule has 138 valence electrons. The molecule has 0 unspecified atom stereocenters. The highest BCUT2D eigenvalue weighted by atomic mass is 19.1. The van der Waals surface area contributed by atoms with Gasteiger partial charge in [-0.2, -0.15) is 5.26 Å². The van der Waals surface area contributed by atoms with Gasteiger partial charge in [-0.1, -0.05) is 38.2 Å². The Morgan fingerprint density at radius 2 is 2.27 bits per heavy atom. The summed E-state index contributed by atoms with van der Waals surface area (Å²) in [4.78, 5) is 0. The lowest BCUT2D eigenvalue weighted by molar-refractivity contribution is 0.224. The SMILES string of the molecule is C=C/C=C(/CCc1cc(F)ccc1N)C1=CC[C@](CC)(CCC#N)CC1. The molecule has 3 heteroatoms. The van der Waals surface area contributed by atoms with Gasteiger partial charge in [0, 0.05) is 12.1 Å². The number of nitrogens with two attached hydrogens (primary N) is 1. The van der Waals surface area contributed by atoms with Crippen LogP contribution in [0.25, 0.3) is 0 Å². The molecule has 2 nitrogen and oxygen atoms in total. The Kier molecular flexibility index (Phi) is 7.21. The predicted molar refractivity (Wildman–Crippen MR) is 107 cm³/mol. The molecule has 0 radical (unpaired) electrons. The molecular weight excluding hydrogens is 323 g/mol. The van der Waals surface area contributed by atoms with Crippen LogP contribution in [0.4, 0.5) is 10.1 Å². The number of anilines is 1. The quantitative estimate of drug-likeness (QED) is 0.443. The van der Waals surface area contributed by atoms with Gasteiger partial charge < -0.3 is 5.73 Å². The molecule has 0 spiro atoms. The Labute approximate surface area is 156 Å².